The van der Waals surface area contributed by atoms with Crippen LogP contribution in [0.25, 0.3) is 0 Å². The van der Waals surface area contributed by atoms with Crippen molar-refractivity contribution in [3.8, 4) is 5.75 Å². The van der Waals surface area contributed by atoms with Crippen molar-refractivity contribution >= 4 is 10.4 Å². The van der Waals surface area contributed by atoms with Gasteiger partial charge >= 0.3 is 59.1 Å². The fourth-order valence-corrected chi connectivity index (χ4v) is 0.672. The second-order valence-electron chi connectivity index (χ2n) is 2.93. The van der Waals surface area contributed by atoms with Crippen molar-refractivity contribution in [1.29, 1.82) is 0 Å². The van der Waals surface area contributed by atoms with Gasteiger partial charge in [-0.3, -0.25) is 8.42 Å². The van der Waals surface area contributed by atoms with Crippen molar-refractivity contribution in [1.82, 2.24) is 0 Å². The van der Waals surface area contributed by atoms with E-state index in [0.717, 1.165) is 19.0 Å². The number of benzene rings is 1. The third-order valence-corrected chi connectivity index (χ3v) is 1.32. The second-order valence-corrected chi connectivity index (χ2v) is 3.75. The van der Waals surface area contributed by atoms with Crippen LogP contribution in [0.1, 0.15) is 0 Å². The molecule has 1 heterocycles. The van der Waals surface area contributed by atoms with E-state index in [2.05, 4.69) is 11.3 Å². The molecule has 1 saturated heterocycles. The van der Waals surface area contributed by atoms with Crippen LogP contribution in [0.4, 0.5) is 0 Å². The summed E-state index contributed by atoms with van der Waals surface area (Å²) in [4.78, 5) is 0. The van der Waals surface area contributed by atoms with Gasteiger partial charge in [0, 0.05) is 10.4 Å². The number of hydrogen-bond donors (Lipinski definition) is 0. The van der Waals surface area contributed by atoms with E-state index >= 15 is 0 Å². The zero-order chi connectivity index (χ0) is 13.9. The summed E-state index contributed by atoms with van der Waals surface area (Å²) in [6.45, 7) is 6.12. The summed E-state index contributed by atoms with van der Waals surface area (Å²) >= 11 is 0. The Kier molecular flexibility index (Phi) is 20.4. The van der Waals surface area contributed by atoms with Gasteiger partial charge in [0.05, 0.1) is 13.2 Å². The molecule has 1 aliphatic rings. The first-order valence-corrected chi connectivity index (χ1v) is 6.30. The molecule has 1 fully saturated rings. The van der Waals surface area contributed by atoms with Crippen LogP contribution < -0.4 is 63.9 Å². The normalized spacial score (nSPS) is 10.9. The van der Waals surface area contributed by atoms with Crippen LogP contribution >= 0.6 is 0 Å². The number of ether oxygens (including phenoxy) is 2. The SMILES string of the molecule is C1CO1.C=CCOc1ccccc1.O=S(=O)([O-])[O-].[Na+].[Na+]. The van der Waals surface area contributed by atoms with Gasteiger partial charge < -0.3 is 18.6 Å². The van der Waals surface area contributed by atoms with E-state index in [1.165, 1.54) is 0 Å². The van der Waals surface area contributed by atoms with E-state index in [1.807, 2.05) is 30.3 Å². The monoisotopic (exact) mass is 320 g/mol. The largest absolute Gasteiger partial charge is 1.00 e. The predicted octanol–water partition coefficient (Wildman–Crippen LogP) is -5.06. The van der Waals surface area contributed by atoms with Gasteiger partial charge in [-0.05, 0) is 12.1 Å². The molecule has 0 aliphatic carbocycles. The molecule has 0 aromatic heterocycles. The maximum Gasteiger partial charge on any atom is 1.00 e. The van der Waals surface area contributed by atoms with Gasteiger partial charge in [-0.1, -0.05) is 30.9 Å². The van der Waals surface area contributed by atoms with Gasteiger partial charge in [-0.2, -0.15) is 0 Å². The molecule has 6 nitrogen and oxygen atoms in total. The Labute approximate surface area is 163 Å². The fraction of sp³-hybridized carbons (Fsp3) is 0.273. The van der Waals surface area contributed by atoms with Crippen LogP contribution in [0, 0.1) is 0 Å². The molecular weight excluding hydrogens is 306 g/mol. The van der Waals surface area contributed by atoms with Gasteiger partial charge in [0.1, 0.15) is 12.4 Å². The first kappa shape index (κ1) is 25.5. The molecule has 20 heavy (non-hydrogen) atoms. The summed E-state index contributed by atoms with van der Waals surface area (Å²) in [5.74, 6) is 0.891. The van der Waals surface area contributed by atoms with Crippen molar-refractivity contribution < 1.29 is 86.1 Å². The third kappa shape index (κ3) is 31.1. The van der Waals surface area contributed by atoms with E-state index in [1.54, 1.807) is 6.08 Å². The minimum absolute atomic E-state index is 0. The molecule has 0 unspecified atom stereocenters. The van der Waals surface area contributed by atoms with Gasteiger partial charge in [0.25, 0.3) is 0 Å². The van der Waals surface area contributed by atoms with Crippen molar-refractivity contribution in [2.75, 3.05) is 19.8 Å². The topological polar surface area (TPSA) is 102 Å². The second kappa shape index (κ2) is 16.0. The van der Waals surface area contributed by atoms with E-state index in [-0.39, 0.29) is 59.1 Å². The van der Waals surface area contributed by atoms with Gasteiger partial charge in [0.2, 0.25) is 0 Å². The zero-order valence-electron chi connectivity index (χ0n) is 11.7. The maximum atomic E-state index is 8.52. The Hall–Kier alpha value is 0.590. The predicted molar refractivity (Wildman–Crippen MR) is 63.4 cm³/mol. The molecule has 0 bridgehead atoms. The molecule has 9 heteroatoms. The molecule has 0 saturated carbocycles. The number of hydrogen-bond acceptors (Lipinski definition) is 6. The van der Waals surface area contributed by atoms with Crippen LogP contribution in [-0.2, 0) is 15.1 Å². The summed E-state index contributed by atoms with van der Waals surface area (Å²) in [6.07, 6.45) is 1.73. The molecule has 1 aliphatic heterocycles. The average Bonchev–Trinajstić information content (AvgIpc) is 3.13. The van der Waals surface area contributed by atoms with Crippen molar-refractivity contribution in [2.24, 2.45) is 0 Å². The van der Waals surface area contributed by atoms with Crippen LogP contribution in [0.5, 0.6) is 5.75 Å². The van der Waals surface area contributed by atoms with E-state index in [9.17, 15) is 0 Å². The molecule has 102 valence electrons. The van der Waals surface area contributed by atoms with Gasteiger partial charge in [-0.25, -0.2) is 0 Å². The minimum Gasteiger partial charge on any atom is -0.759 e. The fourth-order valence-electron chi connectivity index (χ4n) is 0.672. The standard InChI is InChI=1S/C9H10O.C2H4O.2Na.H2O4S/c1-2-8-10-9-6-4-3-5-7-9;1-2-3-1;;;1-5(2,3)4/h2-7H,1,8H2;1-2H2;;;(H2,1,2,3,4)/q;;2*+1;/p-2. The van der Waals surface area contributed by atoms with Gasteiger partial charge in [0.15, 0.2) is 0 Å². The van der Waals surface area contributed by atoms with E-state index in [4.69, 9.17) is 22.3 Å². The molecule has 0 atom stereocenters. The molecule has 2 rings (SSSR count). The number of rotatable bonds is 3. The smallest absolute Gasteiger partial charge is 0.759 e. The molecule has 0 N–H and O–H groups in total. The van der Waals surface area contributed by atoms with Crippen LogP contribution in [0.3, 0.4) is 0 Å². The Bertz CT molecular complexity index is 411. The van der Waals surface area contributed by atoms with Crippen LogP contribution in [-0.4, -0.2) is 37.3 Å². The van der Waals surface area contributed by atoms with Crippen LogP contribution in [0.15, 0.2) is 43.0 Å². The molecule has 1 aromatic carbocycles. The number of epoxide rings is 1. The molecule has 0 radical (unpaired) electrons. The Balaban J connectivity index is -0.000000245. The average molecular weight is 320 g/mol. The quantitative estimate of drug-likeness (QED) is 0.182. The summed E-state index contributed by atoms with van der Waals surface area (Å²) in [7, 11) is -5.17. The molecular formula is C11H14Na2O6S. The number of para-hydroxylation sites is 1. The Morgan fingerprint density at radius 1 is 1.20 bits per heavy atom. The van der Waals surface area contributed by atoms with Crippen LogP contribution in [0.2, 0.25) is 0 Å². The molecule has 0 spiro atoms. The minimum atomic E-state index is -5.17. The van der Waals surface area contributed by atoms with Gasteiger partial charge in [-0.15, -0.1) is 0 Å². The first-order chi connectivity index (χ1) is 8.43. The summed E-state index contributed by atoms with van der Waals surface area (Å²) in [5.41, 5.74) is 0. The molecule has 0 amide bonds. The summed E-state index contributed by atoms with van der Waals surface area (Å²) < 4.78 is 43.8. The van der Waals surface area contributed by atoms with E-state index in [0.29, 0.717) is 6.61 Å². The zero-order valence-corrected chi connectivity index (χ0v) is 16.5. The van der Waals surface area contributed by atoms with Crippen molar-refractivity contribution in [3.63, 3.8) is 0 Å². The Morgan fingerprint density at radius 2 is 1.60 bits per heavy atom. The third-order valence-electron chi connectivity index (χ3n) is 1.32. The molecule has 1 aromatic rings. The summed E-state index contributed by atoms with van der Waals surface area (Å²) in [5, 5.41) is 0. The van der Waals surface area contributed by atoms with Crippen molar-refractivity contribution in [3.05, 3.63) is 43.0 Å². The van der Waals surface area contributed by atoms with Crippen molar-refractivity contribution in [2.45, 2.75) is 0 Å². The first-order valence-electron chi connectivity index (χ1n) is 4.96. The maximum absolute atomic E-state index is 8.52. The summed E-state index contributed by atoms with van der Waals surface area (Å²) in [6, 6.07) is 9.69. The Morgan fingerprint density at radius 3 is 1.90 bits per heavy atom. The van der Waals surface area contributed by atoms with E-state index < -0.39 is 10.4 Å².